The van der Waals surface area contributed by atoms with E-state index in [0.29, 0.717) is 25.1 Å². The molecule has 0 unspecified atom stereocenters. The molecule has 0 bridgehead atoms. The first-order valence-corrected chi connectivity index (χ1v) is 6.65. The van der Waals surface area contributed by atoms with E-state index in [1.54, 1.807) is 0 Å². The Kier molecular flexibility index (Phi) is 4.53. The molecule has 1 N–H and O–H groups in total. The Hall–Kier alpha value is -1.16. The zero-order valence-electron chi connectivity index (χ0n) is 11.1. The molecular formula is C14H21FN2O. The maximum absolute atomic E-state index is 13.2. The maximum Gasteiger partial charge on any atom is 0.218 e. The topological polar surface area (TPSA) is 34.2 Å². The molecule has 1 fully saturated rings. The largest absolute Gasteiger partial charge is 0.477 e. The van der Waals surface area contributed by atoms with Crippen LogP contribution < -0.4 is 10.1 Å². The van der Waals surface area contributed by atoms with Gasteiger partial charge in [-0.15, -0.1) is 0 Å². The van der Waals surface area contributed by atoms with Gasteiger partial charge in [0.1, 0.15) is 5.82 Å². The average molecular weight is 252 g/mol. The molecule has 1 aromatic heterocycles. The minimum Gasteiger partial charge on any atom is -0.477 e. The number of rotatable bonds is 7. The predicted molar refractivity (Wildman–Crippen MR) is 69.0 cm³/mol. The van der Waals surface area contributed by atoms with Crippen molar-refractivity contribution in [3.63, 3.8) is 0 Å². The monoisotopic (exact) mass is 252 g/mol. The summed E-state index contributed by atoms with van der Waals surface area (Å²) in [6, 6.07) is 1.85. The van der Waals surface area contributed by atoms with Gasteiger partial charge >= 0.3 is 0 Å². The molecule has 1 aliphatic rings. The van der Waals surface area contributed by atoms with Crippen molar-refractivity contribution >= 4 is 0 Å². The lowest BCUT2D eigenvalue weighted by atomic mass is 10.2. The fraction of sp³-hybridized carbons (Fsp3) is 0.643. The molecule has 0 atom stereocenters. The van der Waals surface area contributed by atoms with Crippen LogP contribution in [0.15, 0.2) is 12.3 Å². The van der Waals surface area contributed by atoms with E-state index in [-0.39, 0.29) is 5.82 Å². The smallest absolute Gasteiger partial charge is 0.218 e. The van der Waals surface area contributed by atoms with E-state index in [1.807, 2.05) is 0 Å². The summed E-state index contributed by atoms with van der Waals surface area (Å²) in [6.07, 6.45) is 4.94. The summed E-state index contributed by atoms with van der Waals surface area (Å²) in [5.74, 6) is 1.08. The van der Waals surface area contributed by atoms with Crippen LogP contribution in [0.1, 0.15) is 38.7 Å². The first-order valence-electron chi connectivity index (χ1n) is 6.65. The van der Waals surface area contributed by atoms with Crippen LogP contribution in [0.4, 0.5) is 4.39 Å². The number of halogens is 1. The Bertz CT molecular complexity index is 391. The second-order valence-electron chi connectivity index (χ2n) is 5.23. The molecule has 18 heavy (non-hydrogen) atoms. The van der Waals surface area contributed by atoms with Gasteiger partial charge in [-0.3, -0.25) is 0 Å². The van der Waals surface area contributed by atoms with Gasteiger partial charge in [-0.05, 0) is 18.4 Å². The van der Waals surface area contributed by atoms with Gasteiger partial charge in [0.05, 0.1) is 12.8 Å². The van der Waals surface area contributed by atoms with E-state index in [0.717, 1.165) is 17.9 Å². The fourth-order valence-electron chi connectivity index (χ4n) is 1.77. The van der Waals surface area contributed by atoms with Gasteiger partial charge in [0.2, 0.25) is 5.88 Å². The maximum atomic E-state index is 13.2. The lowest BCUT2D eigenvalue weighted by molar-refractivity contribution is 0.286. The molecule has 0 aliphatic heterocycles. The second-order valence-corrected chi connectivity index (χ2v) is 5.23. The summed E-state index contributed by atoms with van der Waals surface area (Å²) in [7, 11) is 0. The summed E-state index contributed by atoms with van der Waals surface area (Å²) >= 11 is 0. The lowest BCUT2D eigenvalue weighted by Crippen LogP contribution is -2.22. The Labute approximate surface area is 108 Å². The molecule has 1 aromatic rings. The van der Waals surface area contributed by atoms with Gasteiger partial charge in [-0.25, -0.2) is 9.37 Å². The molecule has 0 radical (unpaired) electrons. The van der Waals surface area contributed by atoms with E-state index in [4.69, 9.17) is 4.74 Å². The third kappa shape index (κ3) is 4.26. The molecule has 0 saturated heterocycles. The van der Waals surface area contributed by atoms with Crippen LogP contribution in [0.2, 0.25) is 0 Å². The summed E-state index contributed by atoms with van der Waals surface area (Å²) in [6.45, 7) is 5.37. The number of aromatic nitrogens is 1. The van der Waals surface area contributed by atoms with Crippen molar-refractivity contribution < 1.29 is 9.13 Å². The van der Waals surface area contributed by atoms with Crippen LogP contribution in [0, 0.1) is 11.7 Å². The van der Waals surface area contributed by atoms with Gasteiger partial charge in [0.25, 0.3) is 0 Å². The van der Waals surface area contributed by atoms with E-state index in [9.17, 15) is 4.39 Å². The van der Waals surface area contributed by atoms with Crippen molar-refractivity contribution in [3.8, 4) is 5.88 Å². The molecule has 0 amide bonds. The highest BCUT2D eigenvalue weighted by Gasteiger charge is 2.21. The van der Waals surface area contributed by atoms with Crippen molar-refractivity contribution in [1.82, 2.24) is 10.3 Å². The van der Waals surface area contributed by atoms with E-state index in [2.05, 4.69) is 24.1 Å². The second kappa shape index (κ2) is 6.14. The van der Waals surface area contributed by atoms with Gasteiger partial charge in [-0.2, -0.15) is 0 Å². The average Bonchev–Trinajstić information content (AvgIpc) is 3.13. The number of nitrogens with zero attached hydrogens (tertiary/aromatic N) is 1. The van der Waals surface area contributed by atoms with Crippen molar-refractivity contribution in [1.29, 1.82) is 0 Å². The van der Waals surface area contributed by atoms with E-state index in [1.165, 1.54) is 25.1 Å². The zero-order valence-corrected chi connectivity index (χ0v) is 11.1. The molecule has 1 aliphatic carbocycles. The van der Waals surface area contributed by atoms with Crippen molar-refractivity contribution in [3.05, 3.63) is 23.6 Å². The lowest BCUT2D eigenvalue weighted by Gasteiger charge is -2.12. The number of pyridine rings is 1. The minimum absolute atomic E-state index is 0.315. The Balaban J connectivity index is 1.92. The number of nitrogens with one attached hydrogen (secondary N) is 1. The highest BCUT2D eigenvalue weighted by Crippen LogP contribution is 2.32. The SMILES string of the molecule is CC(C)NCc1cc(F)cnc1OCCC1CC1. The first kappa shape index (κ1) is 13.3. The van der Waals surface area contributed by atoms with Gasteiger partial charge in [0.15, 0.2) is 0 Å². The Morgan fingerprint density at radius 3 is 2.94 bits per heavy atom. The standard InChI is InChI=1S/C14H21FN2O/c1-10(2)16-8-12-7-13(15)9-17-14(12)18-6-5-11-3-4-11/h7,9-11,16H,3-6,8H2,1-2H3. The normalized spacial score (nSPS) is 15.1. The summed E-state index contributed by atoms with van der Waals surface area (Å²) in [4.78, 5) is 4.04. The van der Waals surface area contributed by atoms with Crippen LogP contribution in [0.5, 0.6) is 5.88 Å². The molecule has 100 valence electrons. The minimum atomic E-state index is -0.315. The van der Waals surface area contributed by atoms with Crippen molar-refractivity contribution in [2.24, 2.45) is 5.92 Å². The predicted octanol–water partition coefficient (Wildman–Crippen LogP) is 2.90. The van der Waals surface area contributed by atoms with E-state index >= 15 is 0 Å². The van der Waals surface area contributed by atoms with Crippen LogP contribution >= 0.6 is 0 Å². The first-order chi connectivity index (χ1) is 8.65. The highest BCUT2D eigenvalue weighted by atomic mass is 19.1. The van der Waals surface area contributed by atoms with Gasteiger partial charge in [-0.1, -0.05) is 26.7 Å². The number of ether oxygens (including phenoxy) is 1. The Morgan fingerprint density at radius 1 is 1.50 bits per heavy atom. The van der Waals surface area contributed by atoms with Crippen LogP contribution in [0.3, 0.4) is 0 Å². The van der Waals surface area contributed by atoms with Gasteiger partial charge < -0.3 is 10.1 Å². The summed E-state index contributed by atoms with van der Waals surface area (Å²) in [5, 5.41) is 3.25. The summed E-state index contributed by atoms with van der Waals surface area (Å²) in [5.41, 5.74) is 0.791. The number of hydrogen-bond donors (Lipinski definition) is 1. The third-order valence-electron chi connectivity index (χ3n) is 3.05. The molecule has 0 spiro atoms. The number of hydrogen-bond acceptors (Lipinski definition) is 3. The van der Waals surface area contributed by atoms with Crippen LogP contribution in [0.25, 0.3) is 0 Å². The van der Waals surface area contributed by atoms with Gasteiger partial charge in [0, 0.05) is 18.2 Å². The molecule has 2 rings (SSSR count). The van der Waals surface area contributed by atoms with Crippen molar-refractivity contribution in [2.75, 3.05) is 6.61 Å². The molecule has 1 heterocycles. The highest BCUT2D eigenvalue weighted by molar-refractivity contribution is 5.26. The third-order valence-corrected chi connectivity index (χ3v) is 3.05. The van der Waals surface area contributed by atoms with Crippen LogP contribution in [-0.4, -0.2) is 17.6 Å². The van der Waals surface area contributed by atoms with E-state index < -0.39 is 0 Å². The molecular weight excluding hydrogens is 231 g/mol. The van der Waals surface area contributed by atoms with Crippen molar-refractivity contribution in [2.45, 2.75) is 45.7 Å². The molecule has 1 saturated carbocycles. The molecule has 4 heteroatoms. The quantitative estimate of drug-likeness (QED) is 0.810. The summed E-state index contributed by atoms with van der Waals surface area (Å²) < 4.78 is 18.8. The molecule has 0 aromatic carbocycles. The fourth-order valence-corrected chi connectivity index (χ4v) is 1.77. The Morgan fingerprint density at radius 2 is 2.28 bits per heavy atom. The zero-order chi connectivity index (χ0) is 13.0. The molecule has 3 nitrogen and oxygen atoms in total. The van der Waals surface area contributed by atoms with Crippen LogP contribution in [-0.2, 0) is 6.54 Å².